The Balaban J connectivity index is 2.16. The van der Waals surface area contributed by atoms with E-state index in [9.17, 15) is 0 Å². The van der Waals surface area contributed by atoms with Crippen LogP contribution in [0.4, 0.5) is 0 Å². The number of hydrogen-bond acceptors (Lipinski definition) is 3. The molecule has 2 rings (SSSR count). The molecule has 1 unspecified atom stereocenters. The van der Waals surface area contributed by atoms with Crippen molar-refractivity contribution in [2.75, 3.05) is 6.54 Å². The summed E-state index contributed by atoms with van der Waals surface area (Å²) in [7, 11) is 0. The molecule has 0 fully saturated rings. The summed E-state index contributed by atoms with van der Waals surface area (Å²) in [6.45, 7) is 5.09. The molecule has 3 nitrogen and oxygen atoms in total. The lowest BCUT2D eigenvalue weighted by Gasteiger charge is -2.17. The number of nitrogens with zero attached hydrogens (tertiary/aromatic N) is 1. The third-order valence-corrected chi connectivity index (χ3v) is 2.79. The Morgan fingerprint density at radius 1 is 1.41 bits per heavy atom. The summed E-state index contributed by atoms with van der Waals surface area (Å²) in [5.41, 5.74) is 3.54. The fourth-order valence-corrected chi connectivity index (χ4v) is 1.98. The Morgan fingerprint density at radius 2 is 2.29 bits per heavy atom. The molecular formula is C14H18N2O. The predicted octanol–water partition coefficient (Wildman–Crippen LogP) is 2.88. The van der Waals surface area contributed by atoms with Gasteiger partial charge in [-0.05, 0) is 49.2 Å². The number of aromatic nitrogens is 1. The molecule has 0 aromatic carbocycles. The zero-order valence-corrected chi connectivity index (χ0v) is 10.3. The third kappa shape index (κ3) is 3.17. The van der Waals surface area contributed by atoms with Crippen LogP contribution in [-0.4, -0.2) is 11.5 Å². The van der Waals surface area contributed by atoms with E-state index in [0.29, 0.717) is 6.04 Å². The van der Waals surface area contributed by atoms with Gasteiger partial charge in [-0.1, -0.05) is 6.92 Å². The van der Waals surface area contributed by atoms with Gasteiger partial charge in [-0.2, -0.15) is 0 Å². The Kier molecular flexibility index (Phi) is 3.94. The van der Waals surface area contributed by atoms with Crippen LogP contribution >= 0.6 is 0 Å². The normalized spacial score (nSPS) is 12.6. The minimum Gasteiger partial charge on any atom is -0.472 e. The van der Waals surface area contributed by atoms with E-state index < -0.39 is 0 Å². The van der Waals surface area contributed by atoms with Gasteiger partial charge in [-0.25, -0.2) is 0 Å². The second-order valence-electron chi connectivity index (χ2n) is 4.18. The van der Waals surface area contributed by atoms with Crippen LogP contribution < -0.4 is 5.32 Å². The third-order valence-electron chi connectivity index (χ3n) is 2.79. The van der Waals surface area contributed by atoms with Gasteiger partial charge in [0.25, 0.3) is 0 Å². The number of pyridine rings is 1. The Morgan fingerprint density at radius 3 is 2.94 bits per heavy atom. The van der Waals surface area contributed by atoms with Crippen molar-refractivity contribution in [3.63, 3.8) is 0 Å². The first-order valence-corrected chi connectivity index (χ1v) is 5.96. The van der Waals surface area contributed by atoms with Crippen molar-refractivity contribution < 1.29 is 4.42 Å². The van der Waals surface area contributed by atoms with Gasteiger partial charge in [0.05, 0.1) is 12.5 Å². The van der Waals surface area contributed by atoms with Crippen molar-refractivity contribution in [3.8, 4) is 0 Å². The van der Waals surface area contributed by atoms with E-state index in [2.05, 4.69) is 29.4 Å². The second kappa shape index (κ2) is 5.64. The molecule has 3 heteroatoms. The van der Waals surface area contributed by atoms with Crippen LogP contribution in [0.15, 0.2) is 41.3 Å². The van der Waals surface area contributed by atoms with Crippen LogP contribution in [0.2, 0.25) is 0 Å². The van der Waals surface area contributed by atoms with E-state index in [1.54, 1.807) is 12.5 Å². The predicted molar refractivity (Wildman–Crippen MR) is 67.8 cm³/mol. The highest BCUT2D eigenvalue weighted by Crippen LogP contribution is 2.18. The average Bonchev–Trinajstić information content (AvgIpc) is 2.81. The molecule has 1 atom stereocenters. The van der Waals surface area contributed by atoms with Crippen LogP contribution in [0.3, 0.4) is 0 Å². The van der Waals surface area contributed by atoms with Crippen molar-refractivity contribution >= 4 is 0 Å². The van der Waals surface area contributed by atoms with Crippen molar-refractivity contribution in [2.45, 2.75) is 26.3 Å². The highest BCUT2D eigenvalue weighted by Gasteiger charge is 2.12. The summed E-state index contributed by atoms with van der Waals surface area (Å²) in [6, 6.07) is 6.53. The molecule has 0 radical (unpaired) electrons. The maximum atomic E-state index is 5.11. The zero-order valence-electron chi connectivity index (χ0n) is 10.3. The van der Waals surface area contributed by atoms with Gasteiger partial charge < -0.3 is 9.73 Å². The number of rotatable bonds is 5. The first kappa shape index (κ1) is 11.9. The average molecular weight is 230 g/mol. The van der Waals surface area contributed by atoms with E-state index in [-0.39, 0.29) is 0 Å². The number of aryl methyl sites for hydroxylation is 1. The molecule has 0 aliphatic carbocycles. The zero-order chi connectivity index (χ0) is 12.1. The van der Waals surface area contributed by atoms with Crippen LogP contribution in [0.1, 0.15) is 29.8 Å². The fourth-order valence-electron chi connectivity index (χ4n) is 1.98. The van der Waals surface area contributed by atoms with Crippen molar-refractivity contribution in [2.24, 2.45) is 0 Å². The number of likely N-dealkylation sites (N-methyl/N-ethyl adjacent to an activating group) is 1. The van der Waals surface area contributed by atoms with Gasteiger partial charge >= 0.3 is 0 Å². The molecule has 0 aliphatic heterocycles. The molecule has 0 aliphatic rings. The molecule has 0 bridgehead atoms. The summed E-state index contributed by atoms with van der Waals surface area (Å²) in [5, 5.41) is 3.49. The second-order valence-corrected chi connectivity index (χ2v) is 4.18. The molecular weight excluding hydrogens is 212 g/mol. The molecule has 2 heterocycles. The Bertz CT molecular complexity index is 451. The lowest BCUT2D eigenvalue weighted by Crippen LogP contribution is -2.22. The highest BCUT2D eigenvalue weighted by atomic mass is 16.3. The minimum atomic E-state index is 0.319. The molecule has 0 spiro atoms. The summed E-state index contributed by atoms with van der Waals surface area (Å²) in [6.07, 6.45) is 6.33. The number of hydrogen-bond donors (Lipinski definition) is 1. The maximum Gasteiger partial charge on any atom is 0.0935 e. The van der Waals surface area contributed by atoms with E-state index in [1.165, 1.54) is 11.1 Å². The van der Waals surface area contributed by atoms with Crippen LogP contribution in [0.25, 0.3) is 0 Å². The van der Waals surface area contributed by atoms with E-state index in [0.717, 1.165) is 18.7 Å². The lowest BCUT2D eigenvalue weighted by molar-refractivity contribution is 0.534. The van der Waals surface area contributed by atoms with E-state index in [1.807, 2.05) is 19.2 Å². The van der Waals surface area contributed by atoms with Crippen molar-refractivity contribution in [3.05, 3.63) is 53.7 Å². The van der Waals surface area contributed by atoms with Crippen LogP contribution in [-0.2, 0) is 6.42 Å². The number of furan rings is 1. The minimum absolute atomic E-state index is 0.319. The molecule has 2 aromatic heterocycles. The van der Waals surface area contributed by atoms with Gasteiger partial charge in [0.15, 0.2) is 0 Å². The highest BCUT2D eigenvalue weighted by molar-refractivity contribution is 5.22. The SMILES string of the molecule is CCNC(Cc1ccoc1)c1ccnc(C)c1. The first-order chi connectivity index (χ1) is 8.29. The standard InChI is InChI=1S/C14H18N2O/c1-3-15-14(9-12-5-7-17-10-12)13-4-6-16-11(2)8-13/h4-8,10,14-15H,3,9H2,1-2H3. The molecule has 0 saturated heterocycles. The van der Waals surface area contributed by atoms with E-state index >= 15 is 0 Å². The first-order valence-electron chi connectivity index (χ1n) is 5.96. The lowest BCUT2D eigenvalue weighted by atomic mass is 10.0. The molecule has 90 valence electrons. The van der Waals surface area contributed by atoms with Crippen molar-refractivity contribution in [1.82, 2.24) is 10.3 Å². The monoisotopic (exact) mass is 230 g/mol. The number of nitrogens with one attached hydrogen (secondary N) is 1. The molecule has 2 aromatic rings. The van der Waals surface area contributed by atoms with Gasteiger partial charge in [0.2, 0.25) is 0 Å². The summed E-state index contributed by atoms with van der Waals surface area (Å²) >= 11 is 0. The Labute approximate surface area is 102 Å². The molecule has 0 amide bonds. The quantitative estimate of drug-likeness (QED) is 0.858. The Hall–Kier alpha value is -1.61. The van der Waals surface area contributed by atoms with Gasteiger partial charge in [-0.15, -0.1) is 0 Å². The molecule has 17 heavy (non-hydrogen) atoms. The molecule has 1 N–H and O–H groups in total. The smallest absolute Gasteiger partial charge is 0.0935 e. The van der Waals surface area contributed by atoms with Crippen molar-refractivity contribution in [1.29, 1.82) is 0 Å². The largest absolute Gasteiger partial charge is 0.472 e. The van der Waals surface area contributed by atoms with Crippen LogP contribution in [0.5, 0.6) is 0 Å². The molecule has 0 saturated carbocycles. The van der Waals surface area contributed by atoms with Crippen LogP contribution in [0, 0.1) is 6.92 Å². The fraction of sp³-hybridized carbons (Fsp3) is 0.357. The van der Waals surface area contributed by atoms with Gasteiger partial charge in [-0.3, -0.25) is 4.98 Å². The van der Waals surface area contributed by atoms with E-state index in [4.69, 9.17) is 4.42 Å². The van der Waals surface area contributed by atoms with Gasteiger partial charge in [0, 0.05) is 17.9 Å². The maximum absolute atomic E-state index is 5.11. The topological polar surface area (TPSA) is 38.1 Å². The summed E-state index contributed by atoms with van der Waals surface area (Å²) in [4.78, 5) is 4.23. The summed E-state index contributed by atoms with van der Waals surface area (Å²) < 4.78 is 5.11. The van der Waals surface area contributed by atoms with Gasteiger partial charge in [0.1, 0.15) is 0 Å². The summed E-state index contributed by atoms with van der Waals surface area (Å²) in [5.74, 6) is 0.